The maximum absolute atomic E-state index is 13.1. The number of nitrogens with one attached hydrogen (secondary N) is 2. The van der Waals surface area contributed by atoms with Gasteiger partial charge in [-0.1, -0.05) is 63.3 Å². The molecule has 206 valence electrons. The second-order valence-electron chi connectivity index (χ2n) is 10.1. The monoisotopic (exact) mass is 516 g/mol. The predicted octanol–water partition coefficient (Wildman–Crippen LogP) is 3.20. The van der Waals surface area contributed by atoms with Gasteiger partial charge in [0.25, 0.3) is 0 Å². The third-order valence-electron chi connectivity index (χ3n) is 5.92. The van der Waals surface area contributed by atoms with Crippen molar-refractivity contribution in [3.8, 4) is 0 Å². The van der Waals surface area contributed by atoms with Crippen LogP contribution in [0.15, 0.2) is 55.6 Å². The lowest BCUT2D eigenvalue weighted by molar-refractivity contribution is -0.150. The number of ether oxygens (including phenoxy) is 2. The van der Waals surface area contributed by atoms with E-state index in [1.807, 2.05) is 51.1 Å². The van der Waals surface area contributed by atoms with E-state index in [4.69, 9.17) is 14.6 Å². The van der Waals surface area contributed by atoms with Crippen LogP contribution in [0.3, 0.4) is 0 Å². The van der Waals surface area contributed by atoms with E-state index in [2.05, 4.69) is 23.8 Å². The lowest BCUT2D eigenvalue weighted by Crippen LogP contribution is -2.49. The van der Waals surface area contributed by atoms with Gasteiger partial charge >= 0.3 is 5.97 Å². The molecule has 0 bridgehead atoms. The average Bonchev–Trinajstić information content (AvgIpc) is 2.85. The van der Waals surface area contributed by atoms with Gasteiger partial charge in [0.1, 0.15) is 6.61 Å². The van der Waals surface area contributed by atoms with Gasteiger partial charge in [0.15, 0.2) is 0 Å². The van der Waals surface area contributed by atoms with Crippen LogP contribution in [0.1, 0.15) is 45.6 Å². The molecule has 0 aliphatic heterocycles. The van der Waals surface area contributed by atoms with Gasteiger partial charge in [-0.2, -0.15) is 0 Å². The van der Waals surface area contributed by atoms with E-state index in [0.29, 0.717) is 19.3 Å². The van der Waals surface area contributed by atoms with Gasteiger partial charge in [-0.3, -0.25) is 14.4 Å². The van der Waals surface area contributed by atoms with Gasteiger partial charge in [0, 0.05) is 13.0 Å². The second kappa shape index (κ2) is 17.5. The summed E-state index contributed by atoms with van der Waals surface area (Å²) in [6.45, 7) is 14.1. The van der Waals surface area contributed by atoms with Crippen molar-refractivity contribution in [2.75, 3.05) is 33.0 Å². The molecule has 1 aromatic rings. The number of rotatable bonds is 18. The average molecular weight is 517 g/mol. The molecule has 1 aromatic carbocycles. The molecule has 0 aromatic heterocycles. The molecule has 0 aliphatic carbocycles. The van der Waals surface area contributed by atoms with Crippen LogP contribution >= 0.6 is 0 Å². The van der Waals surface area contributed by atoms with E-state index < -0.39 is 17.4 Å². The SMILES string of the molecule is C=CC[C@@H](CC(=O)NCCOCCO)C(=O)N[C@H](COC(=O)[C@H](CC=C)Cc1ccccc1)C(C)(C)C. The Kier molecular flexibility index (Phi) is 15.1. The zero-order valence-electron chi connectivity index (χ0n) is 22.5. The molecule has 0 saturated carbocycles. The molecule has 8 nitrogen and oxygen atoms in total. The van der Waals surface area contributed by atoms with Crippen LogP contribution in [0.2, 0.25) is 0 Å². The zero-order chi connectivity index (χ0) is 27.7. The first-order chi connectivity index (χ1) is 17.6. The van der Waals surface area contributed by atoms with Crippen molar-refractivity contribution in [3.63, 3.8) is 0 Å². The third kappa shape index (κ3) is 13.2. The second-order valence-corrected chi connectivity index (χ2v) is 10.1. The molecule has 0 fully saturated rings. The van der Waals surface area contributed by atoms with Crippen molar-refractivity contribution in [1.82, 2.24) is 10.6 Å². The number of hydrogen-bond donors (Lipinski definition) is 3. The van der Waals surface area contributed by atoms with Gasteiger partial charge in [0.05, 0.1) is 37.7 Å². The van der Waals surface area contributed by atoms with Crippen LogP contribution in [-0.2, 0) is 30.3 Å². The molecule has 2 amide bonds. The van der Waals surface area contributed by atoms with Gasteiger partial charge in [-0.15, -0.1) is 13.2 Å². The van der Waals surface area contributed by atoms with E-state index in [-0.39, 0.29) is 63.1 Å². The predicted molar refractivity (Wildman–Crippen MR) is 145 cm³/mol. The number of aliphatic hydroxyl groups is 1. The summed E-state index contributed by atoms with van der Waals surface area (Å²) in [6.07, 6.45) is 4.67. The van der Waals surface area contributed by atoms with Crippen molar-refractivity contribution in [1.29, 1.82) is 0 Å². The molecular formula is C29H44N2O6. The number of allylic oxidation sites excluding steroid dienone is 2. The van der Waals surface area contributed by atoms with Crippen molar-refractivity contribution in [2.24, 2.45) is 17.3 Å². The highest BCUT2D eigenvalue weighted by atomic mass is 16.5. The van der Waals surface area contributed by atoms with Crippen LogP contribution in [0.4, 0.5) is 0 Å². The Balaban J connectivity index is 2.75. The Morgan fingerprint density at radius 1 is 1.03 bits per heavy atom. The molecule has 37 heavy (non-hydrogen) atoms. The molecule has 3 N–H and O–H groups in total. The highest BCUT2D eigenvalue weighted by molar-refractivity contribution is 5.86. The lowest BCUT2D eigenvalue weighted by Gasteiger charge is -2.32. The maximum Gasteiger partial charge on any atom is 0.309 e. The summed E-state index contributed by atoms with van der Waals surface area (Å²) in [6, 6.07) is 9.29. The van der Waals surface area contributed by atoms with E-state index in [1.165, 1.54) is 0 Å². The topological polar surface area (TPSA) is 114 Å². The summed E-state index contributed by atoms with van der Waals surface area (Å²) in [5.74, 6) is -1.88. The van der Waals surface area contributed by atoms with Crippen LogP contribution in [0.5, 0.6) is 0 Å². The quantitative estimate of drug-likeness (QED) is 0.157. The lowest BCUT2D eigenvalue weighted by atomic mass is 9.86. The normalized spacial score (nSPS) is 13.6. The molecule has 0 spiro atoms. The van der Waals surface area contributed by atoms with Gasteiger partial charge in [0.2, 0.25) is 11.8 Å². The van der Waals surface area contributed by atoms with Gasteiger partial charge < -0.3 is 25.2 Å². The van der Waals surface area contributed by atoms with Crippen LogP contribution in [-0.4, -0.2) is 61.9 Å². The Morgan fingerprint density at radius 2 is 1.68 bits per heavy atom. The Bertz CT molecular complexity index is 850. The Labute approximate surface area is 221 Å². The van der Waals surface area contributed by atoms with Crippen LogP contribution < -0.4 is 10.6 Å². The van der Waals surface area contributed by atoms with Crippen LogP contribution in [0.25, 0.3) is 0 Å². The Morgan fingerprint density at radius 3 is 2.27 bits per heavy atom. The third-order valence-corrected chi connectivity index (χ3v) is 5.92. The molecule has 0 heterocycles. The van der Waals surface area contributed by atoms with Crippen molar-refractivity contribution >= 4 is 17.8 Å². The van der Waals surface area contributed by atoms with Crippen molar-refractivity contribution in [3.05, 3.63) is 61.2 Å². The molecule has 0 unspecified atom stereocenters. The smallest absolute Gasteiger partial charge is 0.309 e. The fraction of sp³-hybridized carbons (Fsp3) is 0.552. The number of carbonyl (C=O) groups is 3. The molecular weight excluding hydrogens is 472 g/mol. The minimum atomic E-state index is -0.608. The molecule has 1 rings (SSSR count). The van der Waals surface area contributed by atoms with Crippen LogP contribution in [0, 0.1) is 17.3 Å². The van der Waals surface area contributed by atoms with Gasteiger partial charge in [-0.05, 0) is 30.2 Å². The highest BCUT2D eigenvalue weighted by Crippen LogP contribution is 2.22. The number of carbonyl (C=O) groups excluding carboxylic acids is 3. The first-order valence-electron chi connectivity index (χ1n) is 12.8. The number of amides is 2. The molecule has 0 aliphatic rings. The first-order valence-corrected chi connectivity index (χ1v) is 12.8. The van der Waals surface area contributed by atoms with Crippen molar-refractivity contribution in [2.45, 2.75) is 52.5 Å². The Hall–Kier alpha value is -2.97. The number of aliphatic hydroxyl groups excluding tert-OH is 1. The molecule has 8 heteroatoms. The number of benzene rings is 1. The summed E-state index contributed by atoms with van der Waals surface area (Å²) >= 11 is 0. The van der Waals surface area contributed by atoms with Crippen molar-refractivity contribution < 1.29 is 29.0 Å². The standard InChI is InChI=1S/C29H44N2O6/c1-6-11-23(20-26(33)30-15-17-36-18-16-32)27(34)31-25(29(3,4)5)21-37-28(35)24(12-7-2)19-22-13-9-8-10-14-22/h6-10,13-14,23-25,32H,1-2,11-12,15-21H2,3-5H3,(H,30,33)(H,31,34)/t23-,24+,25+/m0/s1. The summed E-state index contributed by atoms with van der Waals surface area (Å²) in [7, 11) is 0. The summed E-state index contributed by atoms with van der Waals surface area (Å²) in [4.78, 5) is 38.4. The summed E-state index contributed by atoms with van der Waals surface area (Å²) in [5, 5.41) is 14.4. The summed E-state index contributed by atoms with van der Waals surface area (Å²) in [5.41, 5.74) is 0.645. The molecule has 3 atom stereocenters. The maximum atomic E-state index is 13.1. The highest BCUT2D eigenvalue weighted by Gasteiger charge is 2.31. The van der Waals surface area contributed by atoms with E-state index in [0.717, 1.165) is 5.56 Å². The largest absolute Gasteiger partial charge is 0.463 e. The zero-order valence-corrected chi connectivity index (χ0v) is 22.5. The summed E-state index contributed by atoms with van der Waals surface area (Å²) < 4.78 is 10.8. The minimum absolute atomic E-state index is 0.00696. The fourth-order valence-electron chi connectivity index (χ4n) is 3.65. The van der Waals surface area contributed by atoms with E-state index in [1.54, 1.807) is 12.2 Å². The molecule has 0 saturated heterocycles. The van der Waals surface area contributed by atoms with E-state index >= 15 is 0 Å². The molecule has 0 radical (unpaired) electrons. The number of hydrogen-bond acceptors (Lipinski definition) is 6. The minimum Gasteiger partial charge on any atom is -0.463 e. The van der Waals surface area contributed by atoms with Gasteiger partial charge in [-0.25, -0.2) is 0 Å². The fourth-order valence-corrected chi connectivity index (χ4v) is 3.65. The first kappa shape index (κ1) is 32.1. The number of esters is 1. The van der Waals surface area contributed by atoms with E-state index in [9.17, 15) is 14.4 Å².